The molecule has 0 atom stereocenters. The molecule has 0 bridgehead atoms. The van der Waals surface area contributed by atoms with Gasteiger partial charge in [-0.1, -0.05) is 35.3 Å². The molecule has 0 spiro atoms. The Balaban J connectivity index is 1.47. The number of carbonyl (C=O) groups excluding carboxylic acids is 1. The number of carbonyl (C=O) groups is 1. The Morgan fingerprint density at radius 1 is 1.06 bits per heavy atom. The number of benzene rings is 2. The molecule has 3 aromatic rings. The van der Waals surface area contributed by atoms with Gasteiger partial charge in [0, 0.05) is 36.4 Å². The van der Waals surface area contributed by atoms with Crippen LogP contribution in [0.15, 0.2) is 55.0 Å². The van der Waals surface area contributed by atoms with Crippen molar-refractivity contribution in [1.82, 2.24) is 9.97 Å². The SMILES string of the molecule is O=C(c1cncnc1Oc1cc(Cl)ccc1Cl)N1CCN(C2CCC2)c2ccccc21. The Kier molecular flexibility index (Phi) is 5.42. The number of aromatic nitrogens is 2. The second-order valence-corrected chi connectivity index (χ2v) is 8.49. The summed E-state index contributed by atoms with van der Waals surface area (Å²) in [6, 6.07) is 13.5. The molecule has 31 heavy (non-hydrogen) atoms. The first-order chi connectivity index (χ1) is 15.1. The van der Waals surface area contributed by atoms with Gasteiger partial charge in [-0.3, -0.25) is 4.79 Å². The van der Waals surface area contributed by atoms with Gasteiger partial charge in [0.1, 0.15) is 17.6 Å². The molecule has 0 radical (unpaired) electrons. The van der Waals surface area contributed by atoms with Crippen LogP contribution in [0.5, 0.6) is 11.6 Å². The molecule has 0 unspecified atom stereocenters. The lowest BCUT2D eigenvalue weighted by molar-refractivity contribution is 0.0982. The Bertz CT molecular complexity index is 1140. The molecule has 1 saturated carbocycles. The minimum atomic E-state index is -0.213. The monoisotopic (exact) mass is 454 g/mol. The van der Waals surface area contributed by atoms with Crippen molar-refractivity contribution in [3.63, 3.8) is 0 Å². The van der Waals surface area contributed by atoms with Crippen LogP contribution in [-0.4, -0.2) is 35.0 Å². The molecule has 6 nitrogen and oxygen atoms in total. The smallest absolute Gasteiger partial charge is 0.265 e. The molecule has 8 heteroatoms. The number of para-hydroxylation sites is 2. The first kappa shape index (κ1) is 20.1. The van der Waals surface area contributed by atoms with E-state index in [9.17, 15) is 4.79 Å². The number of fused-ring (bicyclic) bond motifs is 1. The minimum absolute atomic E-state index is 0.142. The molecule has 2 aromatic carbocycles. The van der Waals surface area contributed by atoms with Gasteiger partial charge in [-0.2, -0.15) is 0 Å². The second kappa shape index (κ2) is 8.36. The normalized spacial score (nSPS) is 15.9. The molecule has 0 saturated heterocycles. The molecule has 1 fully saturated rings. The van der Waals surface area contributed by atoms with E-state index in [2.05, 4.69) is 20.9 Å². The van der Waals surface area contributed by atoms with Gasteiger partial charge in [0.25, 0.3) is 5.91 Å². The number of amides is 1. The van der Waals surface area contributed by atoms with E-state index in [1.54, 1.807) is 23.1 Å². The summed E-state index contributed by atoms with van der Waals surface area (Å²) in [7, 11) is 0. The lowest BCUT2D eigenvalue weighted by atomic mass is 9.90. The van der Waals surface area contributed by atoms with Gasteiger partial charge in [-0.05, 0) is 43.5 Å². The first-order valence-corrected chi connectivity index (χ1v) is 11.0. The van der Waals surface area contributed by atoms with Crippen LogP contribution < -0.4 is 14.5 Å². The van der Waals surface area contributed by atoms with Crippen LogP contribution in [0.4, 0.5) is 11.4 Å². The topological polar surface area (TPSA) is 58.6 Å². The molecule has 0 N–H and O–H groups in total. The van der Waals surface area contributed by atoms with Gasteiger partial charge in [0.15, 0.2) is 0 Å². The highest BCUT2D eigenvalue weighted by atomic mass is 35.5. The molecular formula is C23H20Cl2N4O2. The average Bonchev–Trinajstić information content (AvgIpc) is 2.75. The van der Waals surface area contributed by atoms with Crippen LogP contribution >= 0.6 is 23.2 Å². The third-order valence-electron chi connectivity index (χ3n) is 5.81. The molecule has 1 aromatic heterocycles. The number of ether oxygens (including phenoxy) is 1. The fourth-order valence-corrected chi connectivity index (χ4v) is 4.34. The van der Waals surface area contributed by atoms with Gasteiger partial charge in [0.05, 0.1) is 16.4 Å². The zero-order valence-corrected chi connectivity index (χ0v) is 18.2. The lowest BCUT2D eigenvalue weighted by Crippen LogP contribution is -2.50. The summed E-state index contributed by atoms with van der Waals surface area (Å²) < 4.78 is 5.88. The predicted octanol–water partition coefficient (Wildman–Crippen LogP) is 5.60. The highest BCUT2D eigenvalue weighted by Crippen LogP contribution is 2.40. The van der Waals surface area contributed by atoms with E-state index >= 15 is 0 Å². The third kappa shape index (κ3) is 3.82. The van der Waals surface area contributed by atoms with E-state index in [1.807, 2.05) is 18.2 Å². The Morgan fingerprint density at radius 2 is 1.87 bits per heavy atom. The van der Waals surface area contributed by atoms with Crippen molar-refractivity contribution in [3.8, 4) is 11.6 Å². The van der Waals surface area contributed by atoms with E-state index in [0.717, 1.165) is 17.9 Å². The minimum Gasteiger partial charge on any atom is -0.436 e. The highest BCUT2D eigenvalue weighted by Gasteiger charge is 2.34. The van der Waals surface area contributed by atoms with Crippen molar-refractivity contribution in [3.05, 3.63) is 70.6 Å². The summed E-state index contributed by atoms with van der Waals surface area (Å²) in [6.07, 6.45) is 6.48. The fourth-order valence-electron chi connectivity index (χ4n) is 4.02. The first-order valence-electron chi connectivity index (χ1n) is 10.2. The fraction of sp³-hybridized carbons (Fsp3) is 0.261. The van der Waals surface area contributed by atoms with E-state index in [1.165, 1.54) is 31.8 Å². The molecule has 2 aliphatic rings. The Morgan fingerprint density at radius 3 is 2.65 bits per heavy atom. The summed E-state index contributed by atoms with van der Waals surface area (Å²) >= 11 is 12.3. The van der Waals surface area contributed by atoms with Crippen molar-refractivity contribution in [2.75, 3.05) is 22.9 Å². The molecule has 158 valence electrons. The van der Waals surface area contributed by atoms with Crippen molar-refractivity contribution in [1.29, 1.82) is 0 Å². The number of halogens is 2. The zero-order valence-electron chi connectivity index (χ0n) is 16.7. The number of anilines is 2. The standard InChI is InChI=1S/C23H20Cl2N4O2/c24-15-8-9-18(25)21(12-15)31-22-17(13-26-14-27-22)23(30)29-11-10-28(16-4-3-5-16)19-6-1-2-7-20(19)29/h1-2,6-9,12-14,16H,3-5,10-11H2. The molecule has 1 amide bonds. The van der Waals surface area contributed by atoms with Crippen LogP contribution in [0.1, 0.15) is 29.6 Å². The Labute approximate surface area is 190 Å². The summed E-state index contributed by atoms with van der Waals surface area (Å²) in [6.45, 7) is 1.37. The summed E-state index contributed by atoms with van der Waals surface area (Å²) in [4.78, 5) is 26.0. The van der Waals surface area contributed by atoms with Crippen LogP contribution in [0, 0.1) is 0 Å². The maximum atomic E-state index is 13.6. The largest absolute Gasteiger partial charge is 0.436 e. The van der Waals surface area contributed by atoms with Gasteiger partial charge in [-0.15, -0.1) is 0 Å². The quantitative estimate of drug-likeness (QED) is 0.513. The van der Waals surface area contributed by atoms with Crippen LogP contribution in [0.2, 0.25) is 10.0 Å². The van der Waals surface area contributed by atoms with Crippen LogP contribution in [-0.2, 0) is 0 Å². The number of nitrogens with zero attached hydrogens (tertiary/aromatic N) is 4. The van der Waals surface area contributed by atoms with E-state index in [0.29, 0.717) is 28.4 Å². The van der Waals surface area contributed by atoms with Crippen LogP contribution in [0.25, 0.3) is 0 Å². The highest BCUT2D eigenvalue weighted by molar-refractivity contribution is 6.34. The molecule has 1 aliphatic heterocycles. The van der Waals surface area contributed by atoms with E-state index in [-0.39, 0.29) is 17.4 Å². The molecular weight excluding hydrogens is 435 g/mol. The Hall–Kier alpha value is -2.83. The maximum absolute atomic E-state index is 13.6. The number of rotatable bonds is 4. The van der Waals surface area contributed by atoms with Crippen molar-refractivity contribution >= 4 is 40.5 Å². The van der Waals surface area contributed by atoms with E-state index < -0.39 is 0 Å². The van der Waals surface area contributed by atoms with Gasteiger partial charge >= 0.3 is 0 Å². The summed E-state index contributed by atoms with van der Waals surface area (Å²) in [5.41, 5.74) is 2.25. The van der Waals surface area contributed by atoms with Crippen molar-refractivity contribution in [2.24, 2.45) is 0 Å². The van der Waals surface area contributed by atoms with Gasteiger partial charge in [0.2, 0.25) is 5.88 Å². The molecule has 2 heterocycles. The van der Waals surface area contributed by atoms with Crippen molar-refractivity contribution in [2.45, 2.75) is 25.3 Å². The van der Waals surface area contributed by atoms with E-state index in [4.69, 9.17) is 27.9 Å². The van der Waals surface area contributed by atoms with Crippen LogP contribution in [0.3, 0.4) is 0 Å². The van der Waals surface area contributed by atoms with Crippen molar-refractivity contribution < 1.29 is 9.53 Å². The van der Waals surface area contributed by atoms with Gasteiger partial charge in [-0.25, -0.2) is 9.97 Å². The number of hydrogen-bond acceptors (Lipinski definition) is 5. The summed E-state index contributed by atoms with van der Waals surface area (Å²) in [5.74, 6) is 0.259. The lowest BCUT2D eigenvalue weighted by Gasteiger charge is -2.45. The average molecular weight is 455 g/mol. The second-order valence-electron chi connectivity index (χ2n) is 7.64. The third-order valence-corrected chi connectivity index (χ3v) is 6.36. The zero-order chi connectivity index (χ0) is 21.4. The summed E-state index contributed by atoms with van der Waals surface area (Å²) in [5, 5.41) is 0.850. The predicted molar refractivity (Wildman–Crippen MR) is 122 cm³/mol. The number of hydrogen-bond donors (Lipinski definition) is 0. The molecule has 5 rings (SSSR count). The molecule has 1 aliphatic carbocycles. The maximum Gasteiger partial charge on any atom is 0.265 e. The van der Waals surface area contributed by atoms with Gasteiger partial charge < -0.3 is 14.5 Å².